The maximum atomic E-state index is 13.3. The molecule has 3 heterocycles. The molecular formula is C24H23N4O5S+. The standard InChI is InChI=1S/C24H22N4O5S/c1-4-10-34-24-25-22(30)20-15-8-6-7-9-16(15)27(19(29)5-2)23(28(20)26-24)14-11-17(31-3)21-18(12-14)32-13-33-21/h4,6-9,11-12,23H,1,5,10,13H2,2-3H3/p+1/t23-/m0/s1. The van der Waals surface area contributed by atoms with Gasteiger partial charge in [-0.3, -0.25) is 14.6 Å². The zero-order valence-corrected chi connectivity index (χ0v) is 19.6. The number of fused-ring (bicyclic) bond motifs is 4. The lowest BCUT2D eigenvalue weighted by molar-refractivity contribution is -0.763. The largest absolute Gasteiger partial charge is 0.493 e. The summed E-state index contributed by atoms with van der Waals surface area (Å²) in [7, 11) is 1.54. The van der Waals surface area contributed by atoms with Crippen LogP contribution in [0, 0.1) is 0 Å². The minimum atomic E-state index is -0.744. The number of ether oxygens (including phenoxy) is 3. The van der Waals surface area contributed by atoms with E-state index in [4.69, 9.17) is 19.3 Å². The summed E-state index contributed by atoms with van der Waals surface area (Å²) in [5, 5.41) is 5.18. The van der Waals surface area contributed by atoms with Gasteiger partial charge in [-0.05, 0) is 28.9 Å². The lowest BCUT2D eigenvalue weighted by Gasteiger charge is -2.32. The molecule has 1 aromatic heterocycles. The van der Waals surface area contributed by atoms with Gasteiger partial charge in [-0.15, -0.1) is 6.58 Å². The molecule has 34 heavy (non-hydrogen) atoms. The number of amides is 1. The third kappa shape index (κ3) is 3.50. The Morgan fingerprint density at radius 2 is 2.21 bits per heavy atom. The molecular weight excluding hydrogens is 456 g/mol. The smallest absolute Gasteiger partial charge is 0.325 e. The first-order chi connectivity index (χ1) is 16.6. The molecule has 10 heteroatoms. The molecule has 0 saturated heterocycles. The molecule has 1 atom stereocenters. The average molecular weight is 480 g/mol. The zero-order valence-electron chi connectivity index (χ0n) is 18.7. The van der Waals surface area contributed by atoms with Crippen LogP contribution in [0.1, 0.15) is 25.1 Å². The predicted octanol–water partition coefficient (Wildman–Crippen LogP) is 3.04. The van der Waals surface area contributed by atoms with Crippen molar-refractivity contribution in [2.45, 2.75) is 24.7 Å². The number of hydrogen-bond acceptors (Lipinski definition) is 7. The van der Waals surface area contributed by atoms with Crippen LogP contribution >= 0.6 is 11.8 Å². The molecule has 0 aliphatic carbocycles. The maximum absolute atomic E-state index is 13.3. The molecule has 0 radical (unpaired) electrons. The maximum Gasteiger partial charge on any atom is 0.325 e. The number of carbonyl (C=O) groups is 1. The van der Waals surface area contributed by atoms with Gasteiger partial charge in [0.1, 0.15) is 0 Å². The summed E-state index contributed by atoms with van der Waals surface area (Å²) < 4.78 is 18.3. The fourth-order valence-corrected chi connectivity index (χ4v) is 4.80. The first-order valence-electron chi connectivity index (χ1n) is 10.8. The molecule has 1 amide bonds. The predicted molar refractivity (Wildman–Crippen MR) is 126 cm³/mol. The fraction of sp³-hybridized carbons (Fsp3) is 0.250. The molecule has 174 valence electrons. The number of aromatic nitrogens is 3. The van der Waals surface area contributed by atoms with Crippen LogP contribution in [-0.4, -0.2) is 35.6 Å². The lowest BCUT2D eigenvalue weighted by Crippen LogP contribution is -2.60. The van der Waals surface area contributed by atoms with E-state index in [2.05, 4.69) is 11.6 Å². The second-order valence-electron chi connectivity index (χ2n) is 7.62. The molecule has 2 aliphatic rings. The minimum Gasteiger partial charge on any atom is -0.493 e. The number of aromatic amines is 1. The van der Waals surface area contributed by atoms with E-state index in [0.717, 1.165) is 0 Å². The number of benzene rings is 2. The summed E-state index contributed by atoms with van der Waals surface area (Å²) in [6, 6.07) is 10.9. The normalized spacial score (nSPS) is 15.5. The highest BCUT2D eigenvalue weighted by Crippen LogP contribution is 2.45. The van der Waals surface area contributed by atoms with Crippen molar-refractivity contribution in [3.63, 3.8) is 0 Å². The van der Waals surface area contributed by atoms with Crippen molar-refractivity contribution in [2.24, 2.45) is 0 Å². The second kappa shape index (κ2) is 8.86. The van der Waals surface area contributed by atoms with E-state index >= 15 is 0 Å². The third-order valence-electron chi connectivity index (χ3n) is 5.65. The van der Waals surface area contributed by atoms with Crippen molar-refractivity contribution in [3.05, 3.63) is 65.0 Å². The number of hydrogen-bond donors (Lipinski definition) is 1. The number of H-pyrrole nitrogens is 1. The van der Waals surface area contributed by atoms with E-state index < -0.39 is 6.17 Å². The summed E-state index contributed by atoms with van der Waals surface area (Å²) in [6.07, 6.45) is 1.26. The van der Waals surface area contributed by atoms with Gasteiger partial charge in [0.25, 0.3) is 6.17 Å². The molecule has 0 fully saturated rings. The Hall–Kier alpha value is -3.79. The van der Waals surface area contributed by atoms with Gasteiger partial charge >= 0.3 is 11.3 Å². The van der Waals surface area contributed by atoms with E-state index in [0.29, 0.717) is 50.7 Å². The average Bonchev–Trinajstić information content (AvgIpc) is 3.34. The van der Waals surface area contributed by atoms with Crippen molar-refractivity contribution < 1.29 is 23.7 Å². The quantitative estimate of drug-likeness (QED) is 0.330. The van der Waals surface area contributed by atoms with Crippen LogP contribution < -0.4 is 29.4 Å². The van der Waals surface area contributed by atoms with Gasteiger partial charge in [0.05, 0.1) is 23.9 Å². The van der Waals surface area contributed by atoms with Crippen molar-refractivity contribution in [1.29, 1.82) is 0 Å². The van der Waals surface area contributed by atoms with E-state index in [-0.39, 0.29) is 24.7 Å². The molecule has 5 rings (SSSR count). The molecule has 9 nitrogen and oxygen atoms in total. The number of para-hydroxylation sites is 1. The Bertz CT molecular complexity index is 1360. The lowest BCUT2D eigenvalue weighted by atomic mass is 10.0. The van der Waals surface area contributed by atoms with Crippen molar-refractivity contribution in [2.75, 3.05) is 24.6 Å². The summed E-state index contributed by atoms with van der Waals surface area (Å²) in [5.41, 5.74) is 1.99. The van der Waals surface area contributed by atoms with Gasteiger partial charge < -0.3 is 14.2 Å². The molecule has 3 aromatic rings. The number of nitrogens with one attached hydrogen (secondary N) is 1. The Labute approximate surface area is 200 Å². The molecule has 0 bridgehead atoms. The van der Waals surface area contributed by atoms with E-state index in [1.165, 1.54) is 11.8 Å². The van der Waals surface area contributed by atoms with E-state index in [9.17, 15) is 9.59 Å². The highest BCUT2D eigenvalue weighted by Gasteiger charge is 2.46. The van der Waals surface area contributed by atoms with Crippen molar-refractivity contribution in [1.82, 2.24) is 10.1 Å². The van der Waals surface area contributed by atoms with E-state index in [1.807, 2.05) is 24.3 Å². The first-order valence-corrected chi connectivity index (χ1v) is 11.7. The molecule has 0 spiro atoms. The Kier molecular flexibility index (Phi) is 5.74. The Balaban J connectivity index is 1.81. The van der Waals surface area contributed by atoms with Gasteiger partial charge in [-0.1, -0.05) is 36.9 Å². The topological polar surface area (TPSA) is 97.6 Å². The summed E-state index contributed by atoms with van der Waals surface area (Å²) >= 11 is 1.35. The number of methoxy groups -OCH3 is 1. The molecule has 2 aliphatic heterocycles. The second-order valence-corrected chi connectivity index (χ2v) is 8.63. The SMILES string of the molecule is C=CCSc1n[n+]2c(c(=O)[nH]1)-c1ccccc1N(C(=O)CC)[C@@H]2c1cc(OC)c2c(c1)OCO2. The summed E-state index contributed by atoms with van der Waals surface area (Å²) in [4.78, 5) is 31.2. The van der Waals surface area contributed by atoms with Crippen LogP contribution in [0.4, 0.5) is 5.69 Å². The van der Waals surface area contributed by atoms with Crippen LogP contribution in [0.15, 0.2) is 59.0 Å². The van der Waals surface area contributed by atoms with Gasteiger partial charge in [-0.25, -0.2) is 4.90 Å². The number of thioether (sulfide) groups is 1. The number of rotatable bonds is 6. The fourth-order valence-electron chi connectivity index (χ4n) is 4.21. The monoisotopic (exact) mass is 479 g/mol. The van der Waals surface area contributed by atoms with Crippen LogP contribution in [0.25, 0.3) is 11.3 Å². The highest BCUT2D eigenvalue weighted by atomic mass is 32.2. The van der Waals surface area contributed by atoms with E-state index in [1.54, 1.807) is 41.8 Å². The minimum absolute atomic E-state index is 0.0737. The Morgan fingerprint density at radius 1 is 1.38 bits per heavy atom. The van der Waals surface area contributed by atoms with Crippen LogP contribution in [-0.2, 0) is 4.79 Å². The van der Waals surface area contributed by atoms with Crippen LogP contribution in [0.2, 0.25) is 0 Å². The number of carbonyl (C=O) groups excluding carboxylic acids is 1. The zero-order chi connectivity index (χ0) is 23.8. The van der Waals surface area contributed by atoms with Gasteiger partial charge in [0.15, 0.2) is 11.5 Å². The van der Waals surface area contributed by atoms with Gasteiger partial charge in [-0.2, -0.15) is 0 Å². The number of nitrogens with zero attached hydrogens (tertiary/aromatic N) is 3. The first kappa shape index (κ1) is 22.0. The van der Waals surface area contributed by atoms with Gasteiger partial charge in [0.2, 0.25) is 23.6 Å². The summed E-state index contributed by atoms with van der Waals surface area (Å²) in [5.74, 6) is 1.93. The van der Waals surface area contributed by atoms with Crippen LogP contribution in [0.3, 0.4) is 0 Å². The third-order valence-corrected chi connectivity index (χ3v) is 6.51. The molecule has 0 unspecified atom stereocenters. The van der Waals surface area contributed by atoms with Crippen LogP contribution in [0.5, 0.6) is 17.2 Å². The molecule has 1 N–H and O–H groups in total. The highest BCUT2D eigenvalue weighted by molar-refractivity contribution is 7.99. The van der Waals surface area contributed by atoms with Crippen molar-refractivity contribution >= 4 is 23.4 Å². The molecule has 2 aromatic carbocycles. The van der Waals surface area contributed by atoms with Crippen molar-refractivity contribution in [3.8, 4) is 28.5 Å². The van der Waals surface area contributed by atoms with Gasteiger partial charge in [0, 0.05) is 17.3 Å². The summed E-state index contributed by atoms with van der Waals surface area (Å²) in [6.45, 7) is 5.61. The Morgan fingerprint density at radius 3 is 2.97 bits per heavy atom. The number of anilines is 1. The molecule has 0 saturated carbocycles.